The average molecular weight is 564 g/mol. The van der Waals surface area contributed by atoms with E-state index >= 15 is 0 Å². The number of para-hydroxylation sites is 1. The van der Waals surface area contributed by atoms with Gasteiger partial charge in [0.05, 0.1) is 16.9 Å². The minimum Gasteiger partial charge on any atom is -0.352 e. The van der Waals surface area contributed by atoms with Gasteiger partial charge in [-0.1, -0.05) is 48.5 Å². The van der Waals surface area contributed by atoms with Crippen molar-refractivity contribution in [2.24, 2.45) is 13.0 Å². The number of benzene rings is 2. The molecule has 2 aromatic heterocycles. The Morgan fingerprint density at radius 1 is 0.951 bits per heavy atom. The summed E-state index contributed by atoms with van der Waals surface area (Å²) in [7, 11) is 2.00. The van der Waals surface area contributed by atoms with Crippen LogP contribution in [0.5, 0.6) is 0 Å². The maximum Gasteiger partial charge on any atom is 0.435 e. The van der Waals surface area contributed by atoms with Gasteiger partial charge < -0.3 is 9.88 Å². The molecule has 1 aliphatic rings. The van der Waals surface area contributed by atoms with Gasteiger partial charge in [-0.25, -0.2) is 9.67 Å². The topological polar surface area (TPSA) is 81.8 Å². The molecule has 1 N–H and O–H groups in total. The van der Waals surface area contributed by atoms with Gasteiger partial charge in [-0.05, 0) is 44.2 Å². The fourth-order valence-electron chi connectivity index (χ4n) is 5.51. The summed E-state index contributed by atoms with van der Waals surface area (Å²) in [5, 5.41) is 6.14. The normalized spacial score (nSPS) is 17.4. The van der Waals surface area contributed by atoms with Crippen LogP contribution >= 0.6 is 0 Å². The summed E-state index contributed by atoms with van der Waals surface area (Å²) < 4.78 is 43.8. The van der Waals surface area contributed by atoms with Gasteiger partial charge in [-0.15, -0.1) is 0 Å². The van der Waals surface area contributed by atoms with Crippen LogP contribution in [0.25, 0.3) is 16.9 Å². The summed E-state index contributed by atoms with van der Waals surface area (Å²) in [6, 6.07) is 18.3. The summed E-state index contributed by atoms with van der Waals surface area (Å²) in [6.45, 7) is 0.100. The van der Waals surface area contributed by atoms with Gasteiger partial charge in [0.2, 0.25) is 0 Å². The zero-order valence-electron chi connectivity index (χ0n) is 22.8. The minimum absolute atomic E-state index is 0.0447. The molecule has 0 saturated heterocycles. The molecule has 10 heteroatoms. The van der Waals surface area contributed by atoms with Gasteiger partial charge in [-0.2, -0.15) is 18.3 Å². The second-order valence-electron chi connectivity index (χ2n) is 10.5. The SMILES string of the molecule is Cn1cc(-c2ccccc2)nc1C1CCC(C(=O)CCCNC(=O)c2cn(-c3ccccc3)nc2C(F)(F)F)CC1. The van der Waals surface area contributed by atoms with Crippen LogP contribution in [0.4, 0.5) is 13.2 Å². The number of aryl methyl sites for hydroxylation is 1. The molecule has 0 atom stereocenters. The Kier molecular flexibility index (Phi) is 8.37. The molecule has 5 rings (SSSR count). The first-order valence-electron chi connectivity index (χ1n) is 13.8. The zero-order valence-corrected chi connectivity index (χ0v) is 22.8. The number of nitrogens with zero attached hydrogens (tertiary/aromatic N) is 4. The Labute approximate surface area is 236 Å². The number of hydrogen-bond donors (Lipinski definition) is 1. The number of carbonyl (C=O) groups excluding carboxylic acids is 2. The van der Waals surface area contributed by atoms with E-state index in [4.69, 9.17) is 4.98 Å². The lowest BCUT2D eigenvalue weighted by Gasteiger charge is -2.27. The van der Waals surface area contributed by atoms with Crippen LogP contribution in [0.3, 0.4) is 0 Å². The van der Waals surface area contributed by atoms with Gasteiger partial charge >= 0.3 is 6.18 Å². The quantitative estimate of drug-likeness (QED) is 0.241. The summed E-state index contributed by atoms with van der Waals surface area (Å²) in [4.78, 5) is 30.4. The highest BCUT2D eigenvalue weighted by Crippen LogP contribution is 2.37. The van der Waals surface area contributed by atoms with E-state index in [1.165, 1.54) is 0 Å². The molecule has 2 heterocycles. The molecular weight excluding hydrogens is 531 g/mol. The number of alkyl halides is 3. The third-order valence-corrected chi connectivity index (χ3v) is 7.66. The third kappa shape index (κ3) is 6.58. The maximum atomic E-state index is 13.6. The summed E-state index contributed by atoms with van der Waals surface area (Å²) in [6.07, 6.45) is 2.27. The number of carbonyl (C=O) groups is 2. The number of aromatic nitrogens is 4. The molecule has 0 unspecified atom stereocenters. The number of ketones is 1. The van der Waals surface area contributed by atoms with Crippen molar-refractivity contribution >= 4 is 11.7 Å². The number of rotatable bonds is 9. The molecule has 1 fully saturated rings. The lowest BCUT2D eigenvalue weighted by atomic mass is 9.79. The Morgan fingerprint density at radius 3 is 2.27 bits per heavy atom. The molecule has 1 amide bonds. The van der Waals surface area contributed by atoms with E-state index in [1.807, 2.05) is 43.6 Å². The number of Topliss-reactive ketones (excluding diaryl/α,β-unsaturated/α-hetero) is 1. The molecule has 0 bridgehead atoms. The van der Waals surface area contributed by atoms with Crippen molar-refractivity contribution in [3.8, 4) is 16.9 Å². The van der Waals surface area contributed by atoms with E-state index in [2.05, 4.69) is 15.0 Å². The Bertz CT molecular complexity index is 1490. The highest BCUT2D eigenvalue weighted by Gasteiger charge is 2.39. The van der Waals surface area contributed by atoms with E-state index in [9.17, 15) is 22.8 Å². The predicted octanol–water partition coefficient (Wildman–Crippen LogP) is 6.34. The molecule has 0 spiro atoms. The van der Waals surface area contributed by atoms with Crippen LogP contribution in [0, 0.1) is 5.92 Å². The van der Waals surface area contributed by atoms with E-state index in [0.29, 0.717) is 18.0 Å². The van der Waals surface area contributed by atoms with Crippen molar-refractivity contribution in [3.63, 3.8) is 0 Å². The number of nitrogens with one attached hydrogen (secondary N) is 1. The number of halogens is 3. The van der Waals surface area contributed by atoms with Crippen LogP contribution in [0.1, 0.15) is 66.3 Å². The number of hydrogen-bond acceptors (Lipinski definition) is 4. The van der Waals surface area contributed by atoms with Gasteiger partial charge in [-0.3, -0.25) is 9.59 Å². The van der Waals surface area contributed by atoms with E-state index in [1.54, 1.807) is 30.3 Å². The predicted molar refractivity (Wildman–Crippen MR) is 148 cm³/mol. The second-order valence-corrected chi connectivity index (χ2v) is 10.5. The van der Waals surface area contributed by atoms with Crippen LogP contribution in [-0.2, 0) is 18.0 Å². The fraction of sp³-hybridized carbons (Fsp3) is 0.355. The standard InChI is InChI=1S/C31H32F3N5O2/c1-38-20-26(21-9-4-2-5-10-21)36-29(38)23-16-14-22(15-17-23)27(40)13-8-18-35-30(41)25-19-39(24-11-6-3-7-12-24)37-28(25)31(32,33)34/h2-7,9-12,19-20,22-23H,8,13-18H2,1H3,(H,35,41). The van der Waals surface area contributed by atoms with Crippen molar-refractivity contribution in [2.75, 3.05) is 6.54 Å². The molecule has 1 saturated carbocycles. The van der Waals surface area contributed by atoms with Crippen molar-refractivity contribution in [2.45, 2.75) is 50.6 Å². The molecule has 41 heavy (non-hydrogen) atoms. The summed E-state index contributed by atoms with van der Waals surface area (Å²) in [5.41, 5.74) is 0.644. The Hall–Kier alpha value is -4.21. The summed E-state index contributed by atoms with van der Waals surface area (Å²) >= 11 is 0. The van der Waals surface area contributed by atoms with E-state index in [0.717, 1.165) is 53.6 Å². The van der Waals surface area contributed by atoms with Crippen LogP contribution in [0.2, 0.25) is 0 Å². The van der Waals surface area contributed by atoms with Gasteiger partial charge in [0, 0.05) is 49.8 Å². The first-order chi connectivity index (χ1) is 19.7. The van der Waals surface area contributed by atoms with Crippen molar-refractivity contribution < 1.29 is 22.8 Å². The monoisotopic (exact) mass is 563 g/mol. The maximum absolute atomic E-state index is 13.6. The van der Waals surface area contributed by atoms with Crippen LogP contribution in [-0.4, -0.2) is 37.6 Å². The van der Waals surface area contributed by atoms with Crippen molar-refractivity contribution in [1.82, 2.24) is 24.6 Å². The lowest BCUT2D eigenvalue weighted by Crippen LogP contribution is -2.28. The van der Waals surface area contributed by atoms with Crippen molar-refractivity contribution in [1.29, 1.82) is 0 Å². The van der Waals surface area contributed by atoms with Crippen LogP contribution in [0.15, 0.2) is 73.1 Å². The first-order valence-corrected chi connectivity index (χ1v) is 13.8. The molecule has 1 aliphatic carbocycles. The molecular formula is C31H32F3N5O2. The van der Waals surface area contributed by atoms with Crippen LogP contribution < -0.4 is 5.32 Å². The second kappa shape index (κ2) is 12.1. The molecule has 0 aliphatic heterocycles. The van der Waals surface area contributed by atoms with Gasteiger partial charge in [0.1, 0.15) is 11.6 Å². The highest BCUT2D eigenvalue weighted by molar-refractivity contribution is 5.95. The minimum atomic E-state index is -4.78. The molecule has 214 valence electrons. The molecule has 2 aromatic carbocycles. The zero-order chi connectivity index (χ0) is 29.0. The summed E-state index contributed by atoms with van der Waals surface area (Å²) in [5.74, 6) is 0.552. The fourth-order valence-corrected chi connectivity index (χ4v) is 5.51. The number of amides is 1. The smallest absolute Gasteiger partial charge is 0.352 e. The van der Waals surface area contributed by atoms with Gasteiger partial charge in [0.25, 0.3) is 5.91 Å². The molecule has 4 aromatic rings. The number of imidazole rings is 1. The van der Waals surface area contributed by atoms with E-state index < -0.39 is 23.3 Å². The van der Waals surface area contributed by atoms with E-state index in [-0.39, 0.29) is 24.7 Å². The van der Waals surface area contributed by atoms with Crippen molar-refractivity contribution in [3.05, 3.63) is 90.1 Å². The third-order valence-electron chi connectivity index (χ3n) is 7.66. The van der Waals surface area contributed by atoms with Gasteiger partial charge in [0.15, 0.2) is 5.69 Å². The Balaban J connectivity index is 1.10. The average Bonchev–Trinajstić information content (AvgIpc) is 3.61. The Morgan fingerprint density at radius 2 is 1.61 bits per heavy atom. The molecule has 7 nitrogen and oxygen atoms in total. The molecule has 0 radical (unpaired) electrons. The first kappa shape index (κ1) is 28.3. The largest absolute Gasteiger partial charge is 0.435 e. The highest BCUT2D eigenvalue weighted by atomic mass is 19.4. The lowest BCUT2D eigenvalue weighted by molar-refractivity contribution is -0.141.